The molecule has 1 aliphatic carbocycles. The topological polar surface area (TPSA) is 220 Å². The van der Waals surface area contributed by atoms with E-state index in [9.17, 15) is 24.0 Å². The number of Topliss-reactive ketones (excluding diaryl/α,β-unsaturated/α-hetero) is 1. The summed E-state index contributed by atoms with van der Waals surface area (Å²) >= 11 is 0. The fraction of sp³-hybridized carbons (Fsp3) is 0.769. The average molecular weight is 558 g/mol. The molecule has 13 nitrogen and oxygen atoms in total. The molecular weight excluding hydrogens is 510 g/mol. The third kappa shape index (κ3) is 12.1. The number of hydrogen-bond donors (Lipinski definition) is 6. The Morgan fingerprint density at radius 2 is 1.59 bits per heavy atom. The van der Waals surface area contributed by atoms with Crippen LogP contribution in [0.3, 0.4) is 0 Å². The number of rotatable bonds is 14. The van der Waals surface area contributed by atoms with Crippen LogP contribution in [0.15, 0.2) is 0 Å². The third-order valence-corrected chi connectivity index (χ3v) is 6.44. The van der Waals surface area contributed by atoms with Gasteiger partial charge in [0.05, 0.1) is 19.1 Å². The summed E-state index contributed by atoms with van der Waals surface area (Å²) in [5.41, 5.74) is 10.0. The second-order valence-corrected chi connectivity index (χ2v) is 10.3. The van der Waals surface area contributed by atoms with Gasteiger partial charge in [0.2, 0.25) is 17.7 Å². The van der Waals surface area contributed by atoms with Gasteiger partial charge in [-0.25, -0.2) is 4.79 Å². The number of esters is 1. The van der Waals surface area contributed by atoms with Gasteiger partial charge in [0.25, 0.3) is 5.97 Å². The lowest BCUT2D eigenvalue weighted by atomic mass is 9.84. The van der Waals surface area contributed by atoms with Gasteiger partial charge in [-0.15, -0.1) is 0 Å². The molecule has 0 bridgehead atoms. The number of unbranched alkanes of at least 4 members (excludes halogenated alkanes) is 1. The highest BCUT2D eigenvalue weighted by molar-refractivity contribution is 5.97. The number of nitrogens with one attached hydrogen (secondary N) is 3. The minimum absolute atomic E-state index is 0.209. The van der Waals surface area contributed by atoms with Crippen LogP contribution >= 0.6 is 0 Å². The number of aliphatic carboxylic acids is 1. The molecule has 0 spiro atoms. The van der Waals surface area contributed by atoms with Crippen LogP contribution in [0, 0.1) is 11.8 Å². The summed E-state index contributed by atoms with van der Waals surface area (Å²) in [7, 11) is 1.20. The first-order valence-electron chi connectivity index (χ1n) is 13.3. The zero-order valence-electron chi connectivity index (χ0n) is 24.0. The molecule has 0 aromatic heterocycles. The van der Waals surface area contributed by atoms with E-state index in [0.29, 0.717) is 45.1 Å². The summed E-state index contributed by atoms with van der Waals surface area (Å²) in [6.45, 7) is 8.27. The van der Waals surface area contributed by atoms with Crippen LogP contribution in [0.1, 0.15) is 79.6 Å². The van der Waals surface area contributed by atoms with Crippen LogP contribution in [0.2, 0.25) is 0 Å². The summed E-state index contributed by atoms with van der Waals surface area (Å²) in [6, 6.07) is -2.68. The number of hydrogen-bond acceptors (Lipinski definition) is 9. The molecule has 0 saturated heterocycles. The Balaban J connectivity index is 0.00000336. The van der Waals surface area contributed by atoms with E-state index in [0.717, 1.165) is 6.92 Å². The van der Waals surface area contributed by atoms with Gasteiger partial charge in [0.1, 0.15) is 23.4 Å². The van der Waals surface area contributed by atoms with Crippen molar-refractivity contribution in [3.05, 3.63) is 0 Å². The summed E-state index contributed by atoms with van der Waals surface area (Å²) in [4.78, 5) is 72.3. The van der Waals surface area contributed by atoms with E-state index in [4.69, 9.17) is 26.1 Å². The maximum atomic E-state index is 13.0. The molecule has 1 saturated carbocycles. The summed E-state index contributed by atoms with van der Waals surface area (Å²) < 4.78 is 4.90. The summed E-state index contributed by atoms with van der Waals surface area (Å²) in [6.07, 6.45) is 3.36. The Labute approximate surface area is 230 Å². The minimum Gasteiger partial charge on any atom is -0.481 e. The molecule has 0 radical (unpaired) electrons. The van der Waals surface area contributed by atoms with E-state index < -0.39 is 59.2 Å². The molecule has 3 amide bonds. The molecule has 224 valence electrons. The van der Waals surface area contributed by atoms with E-state index >= 15 is 0 Å². The maximum absolute atomic E-state index is 13.0. The number of methoxy groups -OCH3 is 1. The highest BCUT2D eigenvalue weighted by atomic mass is 16.5. The van der Waals surface area contributed by atoms with Crippen molar-refractivity contribution in [2.45, 2.75) is 103 Å². The standard InChI is InChI=1S/C24H43N5O6.C2H4O2/c1-14(2)13-18(26)21(32)28-19(10-6-7-12-25)22(33)27-15(3)20(31)29-24(23(34)35-5)11-8-9-17(24)16(4)30;1-2(3)4/h14-15,17-19H,6-13,25-26H2,1-5H3,(H,27,33)(H,28,32)(H,29,31);1H3,(H,3,4)/t15-,17?,18-,19-,24?;/m0./s1. The zero-order valence-corrected chi connectivity index (χ0v) is 24.0. The lowest BCUT2D eigenvalue weighted by molar-refractivity contribution is -0.155. The van der Waals surface area contributed by atoms with E-state index in [1.54, 1.807) is 0 Å². The van der Waals surface area contributed by atoms with Gasteiger partial charge in [-0.3, -0.25) is 24.0 Å². The molecule has 1 fully saturated rings. The molecule has 39 heavy (non-hydrogen) atoms. The molecule has 1 aliphatic rings. The number of ether oxygens (including phenoxy) is 1. The number of carbonyl (C=O) groups excluding carboxylic acids is 5. The molecule has 8 N–H and O–H groups in total. The van der Waals surface area contributed by atoms with Crippen LogP contribution < -0.4 is 27.4 Å². The monoisotopic (exact) mass is 557 g/mol. The normalized spacial score (nSPS) is 20.5. The van der Waals surface area contributed by atoms with Gasteiger partial charge in [-0.1, -0.05) is 13.8 Å². The van der Waals surface area contributed by atoms with Gasteiger partial charge in [-0.2, -0.15) is 0 Å². The molecule has 0 aromatic carbocycles. The molecule has 2 unspecified atom stereocenters. The van der Waals surface area contributed by atoms with Crippen molar-refractivity contribution in [3.63, 3.8) is 0 Å². The Kier molecular flexibility index (Phi) is 16.1. The van der Waals surface area contributed by atoms with E-state index in [-0.39, 0.29) is 18.1 Å². The average Bonchev–Trinajstić information content (AvgIpc) is 3.26. The number of carboxylic acid groups (broad SMARTS) is 1. The lowest BCUT2D eigenvalue weighted by Gasteiger charge is -2.33. The van der Waals surface area contributed by atoms with E-state index in [1.807, 2.05) is 13.8 Å². The van der Waals surface area contributed by atoms with Crippen LogP contribution in [0.25, 0.3) is 0 Å². The predicted molar refractivity (Wildman–Crippen MR) is 144 cm³/mol. The second kappa shape index (κ2) is 17.5. The minimum atomic E-state index is -1.46. The molecular formula is C26H47N5O8. The highest BCUT2D eigenvalue weighted by Gasteiger charge is 2.53. The van der Waals surface area contributed by atoms with Crippen molar-refractivity contribution in [3.8, 4) is 0 Å². The Morgan fingerprint density at radius 3 is 2.08 bits per heavy atom. The summed E-state index contributed by atoms with van der Waals surface area (Å²) in [5, 5.41) is 15.4. The Hall–Kier alpha value is -3.06. The van der Waals surface area contributed by atoms with Crippen molar-refractivity contribution in [1.29, 1.82) is 0 Å². The first-order valence-corrected chi connectivity index (χ1v) is 13.3. The number of amides is 3. The SMILES string of the molecule is CC(=O)O.COC(=O)C1(NC(=O)[C@H](C)NC(=O)[C@H](CCCCN)NC(=O)[C@@H](N)CC(C)C)CCCC1C(C)=O. The molecule has 5 atom stereocenters. The quantitative estimate of drug-likeness (QED) is 0.124. The first-order chi connectivity index (χ1) is 18.1. The third-order valence-electron chi connectivity index (χ3n) is 6.44. The van der Waals surface area contributed by atoms with Crippen molar-refractivity contribution >= 4 is 35.4 Å². The van der Waals surface area contributed by atoms with Crippen molar-refractivity contribution in [2.75, 3.05) is 13.7 Å². The number of carbonyl (C=O) groups is 6. The molecule has 13 heteroatoms. The highest BCUT2D eigenvalue weighted by Crippen LogP contribution is 2.37. The smallest absolute Gasteiger partial charge is 0.332 e. The second-order valence-electron chi connectivity index (χ2n) is 10.3. The van der Waals surface area contributed by atoms with Crippen molar-refractivity contribution in [2.24, 2.45) is 23.3 Å². The predicted octanol–water partition coefficient (Wildman–Crippen LogP) is -0.0137. The van der Waals surface area contributed by atoms with Crippen LogP contribution in [0.4, 0.5) is 0 Å². The van der Waals surface area contributed by atoms with Crippen LogP contribution in [0.5, 0.6) is 0 Å². The number of ketones is 1. The fourth-order valence-corrected chi connectivity index (χ4v) is 4.55. The van der Waals surface area contributed by atoms with Gasteiger partial charge in [0, 0.05) is 6.92 Å². The number of nitrogens with two attached hydrogens (primary N) is 2. The maximum Gasteiger partial charge on any atom is 0.332 e. The van der Waals surface area contributed by atoms with Gasteiger partial charge >= 0.3 is 5.97 Å². The van der Waals surface area contributed by atoms with E-state index in [2.05, 4.69) is 16.0 Å². The van der Waals surface area contributed by atoms with Gasteiger partial charge in [-0.05, 0) is 71.3 Å². The van der Waals surface area contributed by atoms with Gasteiger partial charge < -0.3 is 37.3 Å². The Bertz CT molecular complexity index is 861. The molecule has 0 heterocycles. The van der Waals surface area contributed by atoms with E-state index in [1.165, 1.54) is 21.0 Å². The number of carboxylic acids is 1. The Morgan fingerprint density at radius 1 is 1.00 bits per heavy atom. The summed E-state index contributed by atoms with van der Waals surface area (Å²) in [5.74, 6) is -3.84. The van der Waals surface area contributed by atoms with Gasteiger partial charge in [0.15, 0.2) is 0 Å². The van der Waals surface area contributed by atoms with Crippen molar-refractivity contribution in [1.82, 2.24) is 16.0 Å². The van der Waals surface area contributed by atoms with Crippen LogP contribution in [-0.2, 0) is 33.5 Å². The molecule has 0 aliphatic heterocycles. The van der Waals surface area contributed by atoms with Crippen LogP contribution in [-0.4, -0.2) is 77.9 Å². The first kappa shape index (κ1) is 35.9. The molecule has 0 aromatic rings. The van der Waals surface area contributed by atoms with Crippen molar-refractivity contribution < 1.29 is 38.6 Å². The largest absolute Gasteiger partial charge is 0.481 e. The lowest BCUT2D eigenvalue weighted by Crippen LogP contribution is -2.63. The fourth-order valence-electron chi connectivity index (χ4n) is 4.55. The molecule has 1 rings (SSSR count). The zero-order chi connectivity index (χ0) is 30.3.